The molecule has 0 unspecified atom stereocenters. The minimum absolute atomic E-state index is 0.0747. The van der Waals surface area contributed by atoms with E-state index in [-0.39, 0.29) is 17.1 Å². The lowest BCUT2D eigenvalue weighted by molar-refractivity contribution is -0.131. The average Bonchev–Trinajstić information content (AvgIpc) is 2.95. The lowest BCUT2D eigenvalue weighted by atomic mass is 10.0. The van der Waals surface area contributed by atoms with Crippen LogP contribution in [0.4, 0.5) is 0 Å². The molecule has 3 rings (SSSR count). The maximum absolute atomic E-state index is 12.3. The van der Waals surface area contributed by atoms with E-state index in [1.807, 2.05) is 0 Å². The molecule has 0 radical (unpaired) electrons. The third-order valence-electron chi connectivity index (χ3n) is 3.96. The molecule has 134 valence electrons. The molecule has 1 aliphatic rings. The van der Waals surface area contributed by atoms with Crippen molar-refractivity contribution in [3.8, 4) is 17.2 Å². The summed E-state index contributed by atoms with van der Waals surface area (Å²) in [5, 5.41) is 10.5. The number of carbonyl (C=O) groups is 1. The second-order valence-electron chi connectivity index (χ2n) is 5.46. The minimum atomic E-state index is -0.630. The number of carbonyl (C=O) groups excluding carboxylic acids is 1. The van der Waals surface area contributed by atoms with Crippen LogP contribution in [0.2, 0.25) is 0 Å². The molecule has 2 aromatic carbocycles. The number of ether oxygens (including phenoxy) is 4. The Labute approximate surface area is 150 Å². The van der Waals surface area contributed by atoms with Gasteiger partial charge >= 0.3 is 5.97 Å². The summed E-state index contributed by atoms with van der Waals surface area (Å²) in [4.78, 5) is 12.3. The first-order valence-electron chi connectivity index (χ1n) is 7.81. The molecule has 2 aromatic rings. The van der Waals surface area contributed by atoms with Gasteiger partial charge in [0.05, 0.1) is 21.3 Å². The SMILES string of the molecule is COc1ccc(/C=C2\OC(=O)C(c3ccc(OC)c(OC)c3)=C2O)cc1. The Hall–Kier alpha value is -3.41. The third-order valence-corrected chi connectivity index (χ3v) is 3.96. The van der Waals surface area contributed by atoms with Gasteiger partial charge in [-0.1, -0.05) is 18.2 Å². The molecular weight excluding hydrogens is 336 g/mol. The highest BCUT2D eigenvalue weighted by atomic mass is 16.6. The lowest BCUT2D eigenvalue weighted by Gasteiger charge is -2.09. The van der Waals surface area contributed by atoms with E-state index in [0.717, 1.165) is 5.56 Å². The van der Waals surface area contributed by atoms with Gasteiger partial charge in [0.1, 0.15) is 11.3 Å². The third kappa shape index (κ3) is 3.21. The summed E-state index contributed by atoms with van der Waals surface area (Å²) in [5.41, 5.74) is 1.31. The number of rotatable bonds is 5. The molecular formula is C20H18O6. The molecule has 0 amide bonds. The van der Waals surface area contributed by atoms with Crippen LogP contribution in [0.3, 0.4) is 0 Å². The molecule has 0 bridgehead atoms. The van der Waals surface area contributed by atoms with E-state index in [1.165, 1.54) is 14.2 Å². The highest BCUT2D eigenvalue weighted by Crippen LogP contribution is 2.36. The fourth-order valence-corrected chi connectivity index (χ4v) is 2.61. The van der Waals surface area contributed by atoms with Gasteiger partial charge in [0.15, 0.2) is 23.0 Å². The zero-order valence-corrected chi connectivity index (χ0v) is 14.6. The van der Waals surface area contributed by atoms with E-state index in [2.05, 4.69) is 0 Å². The number of cyclic esters (lactones) is 1. The first-order chi connectivity index (χ1) is 12.6. The number of benzene rings is 2. The molecule has 0 aliphatic carbocycles. The topological polar surface area (TPSA) is 74.2 Å². The maximum atomic E-state index is 12.3. The van der Waals surface area contributed by atoms with E-state index in [9.17, 15) is 9.90 Å². The van der Waals surface area contributed by atoms with E-state index in [0.29, 0.717) is 22.8 Å². The number of hydrogen-bond acceptors (Lipinski definition) is 6. The number of aliphatic hydroxyl groups is 1. The van der Waals surface area contributed by atoms with Gasteiger partial charge in [0.2, 0.25) is 0 Å². The monoisotopic (exact) mass is 354 g/mol. The normalized spacial score (nSPS) is 15.2. The van der Waals surface area contributed by atoms with Crippen LogP contribution in [0, 0.1) is 0 Å². The lowest BCUT2D eigenvalue weighted by Crippen LogP contribution is -1.99. The van der Waals surface area contributed by atoms with Crippen LogP contribution in [-0.2, 0) is 9.53 Å². The minimum Gasteiger partial charge on any atom is -0.504 e. The van der Waals surface area contributed by atoms with Gasteiger partial charge in [0, 0.05) is 0 Å². The number of aliphatic hydroxyl groups excluding tert-OH is 1. The van der Waals surface area contributed by atoms with Crippen LogP contribution < -0.4 is 14.2 Å². The van der Waals surface area contributed by atoms with Gasteiger partial charge in [-0.2, -0.15) is 0 Å². The average molecular weight is 354 g/mol. The Morgan fingerprint density at radius 1 is 0.923 bits per heavy atom. The quantitative estimate of drug-likeness (QED) is 0.828. The molecule has 0 spiro atoms. The van der Waals surface area contributed by atoms with Crippen LogP contribution in [-0.4, -0.2) is 32.4 Å². The van der Waals surface area contributed by atoms with Crippen LogP contribution in [0.25, 0.3) is 11.6 Å². The van der Waals surface area contributed by atoms with Crippen molar-refractivity contribution in [2.45, 2.75) is 0 Å². The van der Waals surface area contributed by atoms with Gasteiger partial charge in [-0.05, 0) is 41.5 Å². The summed E-state index contributed by atoms with van der Waals surface area (Å²) >= 11 is 0. The van der Waals surface area contributed by atoms with E-state index in [1.54, 1.807) is 55.7 Å². The summed E-state index contributed by atoms with van der Waals surface area (Å²) in [6.07, 6.45) is 1.58. The Balaban J connectivity index is 1.99. The first kappa shape index (κ1) is 17.4. The van der Waals surface area contributed by atoms with Crippen molar-refractivity contribution in [1.82, 2.24) is 0 Å². The summed E-state index contributed by atoms with van der Waals surface area (Å²) in [6.45, 7) is 0. The van der Waals surface area contributed by atoms with Crippen molar-refractivity contribution < 1.29 is 28.8 Å². The predicted molar refractivity (Wildman–Crippen MR) is 96.2 cm³/mol. The van der Waals surface area contributed by atoms with E-state index < -0.39 is 5.97 Å². The number of methoxy groups -OCH3 is 3. The van der Waals surface area contributed by atoms with Crippen LogP contribution in [0.5, 0.6) is 17.2 Å². The van der Waals surface area contributed by atoms with Gasteiger partial charge in [-0.3, -0.25) is 0 Å². The molecule has 0 saturated carbocycles. The zero-order chi connectivity index (χ0) is 18.7. The molecule has 6 heteroatoms. The molecule has 0 fully saturated rings. The summed E-state index contributed by atoms with van der Waals surface area (Å²) in [7, 11) is 4.60. The maximum Gasteiger partial charge on any atom is 0.348 e. The van der Waals surface area contributed by atoms with Gasteiger partial charge in [-0.25, -0.2) is 4.79 Å². The van der Waals surface area contributed by atoms with Crippen LogP contribution in [0.1, 0.15) is 11.1 Å². The van der Waals surface area contributed by atoms with E-state index >= 15 is 0 Å². The molecule has 1 N–H and O–H groups in total. The first-order valence-corrected chi connectivity index (χ1v) is 7.81. The molecule has 6 nitrogen and oxygen atoms in total. The Bertz CT molecular complexity index is 893. The summed E-state index contributed by atoms with van der Waals surface area (Å²) in [6, 6.07) is 12.1. The van der Waals surface area contributed by atoms with E-state index in [4.69, 9.17) is 18.9 Å². The highest BCUT2D eigenvalue weighted by molar-refractivity contribution is 6.21. The highest BCUT2D eigenvalue weighted by Gasteiger charge is 2.31. The van der Waals surface area contributed by atoms with Crippen molar-refractivity contribution >= 4 is 17.6 Å². The Kier molecular flexibility index (Phi) is 4.84. The van der Waals surface area contributed by atoms with Crippen molar-refractivity contribution in [2.24, 2.45) is 0 Å². The van der Waals surface area contributed by atoms with Gasteiger partial charge < -0.3 is 24.1 Å². The second-order valence-corrected chi connectivity index (χ2v) is 5.46. The largest absolute Gasteiger partial charge is 0.504 e. The molecule has 0 atom stereocenters. The fraction of sp³-hybridized carbons (Fsp3) is 0.150. The molecule has 26 heavy (non-hydrogen) atoms. The molecule has 0 saturated heterocycles. The summed E-state index contributed by atoms with van der Waals surface area (Å²) < 4.78 is 20.8. The number of hydrogen-bond donors (Lipinski definition) is 1. The number of esters is 1. The van der Waals surface area contributed by atoms with Crippen molar-refractivity contribution in [3.05, 3.63) is 65.1 Å². The standard InChI is InChI=1S/C20H18O6/c1-23-14-7-4-12(5-8-14)10-17-19(21)18(20(22)26-17)13-6-9-15(24-2)16(11-13)25-3/h4-11,21H,1-3H3/b17-10-. The zero-order valence-electron chi connectivity index (χ0n) is 14.6. The van der Waals surface area contributed by atoms with Gasteiger partial charge in [0.25, 0.3) is 0 Å². The van der Waals surface area contributed by atoms with Crippen molar-refractivity contribution in [3.63, 3.8) is 0 Å². The van der Waals surface area contributed by atoms with Crippen molar-refractivity contribution in [2.75, 3.05) is 21.3 Å². The summed E-state index contributed by atoms with van der Waals surface area (Å²) in [5.74, 6) is 0.918. The molecule has 0 aromatic heterocycles. The smallest absolute Gasteiger partial charge is 0.348 e. The molecule has 1 aliphatic heterocycles. The van der Waals surface area contributed by atoms with Gasteiger partial charge in [-0.15, -0.1) is 0 Å². The predicted octanol–water partition coefficient (Wildman–Crippen LogP) is 3.58. The van der Waals surface area contributed by atoms with Crippen LogP contribution >= 0.6 is 0 Å². The fourth-order valence-electron chi connectivity index (χ4n) is 2.61. The van der Waals surface area contributed by atoms with Crippen LogP contribution in [0.15, 0.2) is 54.0 Å². The Morgan fingerprint density at radius 3 is 2.23 bits per heavy atom. The van der Waals surface area contributed by atoms with Crippen molar-refractivity contribution in [1.29, 1.82) is 0 Å². The second kappa shape index (κ2) is 7.23. The molecule has 1 heterocycles. The Morgan fingerprint density at radius 2 is 1.62 bits per heavy atom.